The molecule has 0 bridgehead atoms. The van der Waals surface area contributed by atoms with Crippen LogP contribution in [0.2, 0.25) is 0 Å². The summed E-state index contributed by atoms with van der Waals surface area (Å²) < 4.78 is 10.4. The molecule has 2 N–H and O–H groups in total. The van der Waals surface area contributed by atoms with Gasteiger partial charge in [0.05, 0.1) is 25.4 Å². The van der Waals surface area contributed by atoms with Crippen LogP contribution in [-0.4, -0.2) is 91.7 Å². The maximum atomic E-state index is 13.1. The van der Waals surface area contributed by atoms with Crippen molar-refractivity contribution in [1.29, 1.82) is 0 Å². The van der Waals surface area contributed by atoms with Crippen molar-refractivity contribution in [2.24, 2.45) is 5.92 Å². The maximum absolute atomic E-state index is 13.1. The minimum absolute atomic E-state index is 0.0692. The van der Waals surface area contributed by atoms with Gasteiger partial charge >= 0.3 is 5.97 Å². The van der Waals surface area contributed by atoms with E-state index in [9.17, 15) is 14.4 Å². The van der Waals surface area contributed by atoms with Crippen molar-refractivity contribution in [2.45, 2.75) is 40.0 Å². The van der Waals surface area contributed by atoms with Gasteiger partial charge in [0, 0.05) is 51.4 Å². The van der Waals surface area contributed by atoms with Gasteiger partial charge in [-0.05, 0) is 45.1 Å². The molecule has 0 radical (unpaired) electrons. The molecule has 0 atom stereocenters. The molecule has 2 fully saturated rings. The lowest BCUT2D eigenvalue weighted by Gasteiger charge is -2.32. The molecule has 9 nitrogen and oxygen atoms in total. The van der Waals surface area contributed by atoms with Crippen molar-refractivity contribution in [3.05, 3.63) is 22.5 Å². The summed E-state index contributed by atoms with van der Waals surface area (Å²) in [6.45, 7) is 11.7. The summed E-state index contributed by atoms with van der Waals surface area (Å²) in [6.07, 6.45) is 2.10. The number of aromatic amines is 1. The summed E-state index contributed by atoms with van der Waals surface area (Å²) in [7, 11) is 0. The molecule has 0 spiro atoms. The number of rotatable bonds is 8. The smallest absolute Gasteiger partial charge is 0.355 e. The van der Waals surface area contributed by atoms with Gasteiger partial charge < -0.3 is 24.7 Å². The molecule has 0 aliphatic carbocycles. The highest BCUT2D eigenvalue weighted by molar-refractivity contribution is 6.01. The maximum Gasteiger partial charge on any atom is 0.355 e. The lowest BCUT2D eigenvalue weighted by Crippen LogP contribution is -2.42. The third-order valence-electron chi connectivity index (χ3n) is 6.36. The molecule has 178 valence electrons. The van der Waals surface area contributed by atoms with Crippen molar-refractivity contribution < 1.29 is 23.9 Å². The normalized spacial score (nSPS) is 17.9. The lowest BCUT2D eigenvalue weighted by molar-refractivity contribution is -0.122. The number of nitrogens with one attached hydrogen (secondary N) is 2. The van der Waals surface area contributed by atoms with E-state index in [2.05, 4.69) is 15.2 Å². The standard InChI is InChI=1S/C23H36N4O5/c1-4-32-23(30)21-16(2)20(17(3)25-21)22(29)27-8-5-18(6-9-27)15-19(28)24-7-10-26-11-13-31-14-12-26/h18,25H,4-15H2,1-3H3,(H,24,28). The largest absolute Gasteiger partial charge is 0.461 e. The van der Waals surface area contributed by atoms with E-state index in [1.807, 2.05) is 4.90 Å². The Kier molecular flexibility index (Phi) is 8.69. The van der Waals surface area contributed by atoms with E-state index in [4.69, 9.17) is 9.47 Å². The topological polar surface area (TPSA) is 104 Å². The molecular formula is C23H36N4O5. The number of morpholine rings is 1. The van der Waals surface area contributed by atoms with Crippen molar-refractivity contribution in [2.75, 3.05) is 59.1 Å². The van der Waals surface area contributed by atoms with Gasteiger partial charge in [-0.1, -0.05) is 0 Å². The van der Waals surface area contributed by atoms with Crippen LogP contribution in [0.25, 0.3) is 0 Å². The second-order valence-electron chi connectivity index (χ2n) is 8.59. The molecule has 32 heavy (non-hydrogen) atoms. The van der Waals surface area contributed by atoms with Gasteiger partial charge in [-0.15, -0.1) is 0 Å². The molecule has 3 heterocycles. The van der Waals surface area contributed by atoms with E-state index < -0.39 is 5.97 Å². The zero-order valence-electron chi connectivity index (χ0n) is 19.5. The molecule has 3 rings (SSSR count). The summed E-state index contributed by atoms with van der Waals surface area (Å²) in [5.41, 5.74) is 2.20. The van der Waals surface area contributed by atoms with Gasteiger partial charge in [-0.25, -0.2) is 4.79 Å². The summed E-state index contributed by atoms with van der Waals surface area (Å²) in [4.78, 5) is 44.7. The number of nitrogens with zero attached hydrogens (tertiary/aromatic N) is 2. The molecule has 9 heteroatoms. The second kappa shape index (κ2) is 11.5. The van der Waals surface area contributed by atoms with Crippen LogP contribution in [0.1, 0.15) is 58.3 Å². The third kappa shape index (κ3) is 6.10. The fraction of sp³-hybridized carbons (Fsp3) is 0.696. The Bertz CT molecular complexity index is 808. The van der Waals surface area contributed by atoms with Gasteiger partial charge in [-0.2, -0.15) is 0 Å². The molecule has 0 unspecified atom stereocenters. The van der Waals surface area contributed by atoms with Crippen LogP contribution in [-0.2, 0) is 14.3 Å². The molecular weight excluding hydrogens is 412 g/mol. The van der Waals surface area contributed by atoms with Crippen molar-refractivity contribution in [3.63, 3.8) is 0 Å². The summed E-state index contributed by atoms with van der Waals surface area (Å²) in [5.74, 6) is -0.143. The number of hydrogen-bond donors (Lipinski definition) is 2. The van der Waals surface area contributed by atoms with Crippen LogP contribution >= 0.6 is 0 Å². The van der Waals surface area contributed by atoms with E-state index in [-0.39, 0.29) is 24.3 Å². The molecule has 0 saturated carbocycles. The second-order valence-corrected chi connectivity index (χ2v) is 8.59. The van der Waals surface area contributed by atoms with E-state index in [1.54, 1.807) is 20.8 Å². The molecule has 1 aromatic heterocycles. The molecule has 0 aromatic carbocycles. The van der Waals surface area contributed by atoms with E-state index >= 15 is 0 Å². The number of amides is 2. The first kappa shape index (κ1) is 24.3. The van der Waals surface area contributed by atoms with Crippen LogP contribution in [0.15, 0.2) is 0 Å². The average molecular weight is 449 g/mol. The summed E-state index contributed by atoms with van der Waals surface area (Å²) in [5, 5.41) is 3.03. The number of carbonyl (C=O) groups excluding carboxylic acids is 3. The van der Waals surface area contributed by atoms with Gasteiger partial charge in [0.1, 0.15) is 5.69 Å². The monoisotopic (exact) mass is 448 g/mol. The van der Waals surface area contributed by atoms with Gasteiger partial charge in [0.25, 0.3) is 5.91 Å². The van der Waals surface area contributed by atoms with Crippen molar-refractivity contribution in [1.82, 2.24) is 20.1 Å². The van der Waals surface area contributed by atoms with Crippen LogP contribution in [0.4, 0.5) is 0 Å². The minimum atomic E-state index is -0.439. The first-order valence-electron chi connectivity index (χ1n) is 11.6. The number of aromatic nitrogens is 1. The zero-order chi connectivity index (χ0) is 23.1. The summed E-state index contributed by atoms with van der Waals surface area (Å²) in [6, 6.07) is 0. The molecule has 2 aliphatic rings. The lowest BCUT2D eigenvalue weighted by atomic mass is 9.92. The molecule has 2 amide bonds. The fourth-order valence-electron chi connectivity index (χ4n) is 4.49. The number of carbonyl (C=O) groups is 3. The molecule has 2 aliphatic heterocycles. The number of hydrogen-bond acceptors (Lipinski definition) is 6. The predicted molar refractivity (Wildman–Crippen MR) is 120 cm³/mol. The number of esters is 1. The van der Waals surface area contributed by atoms with Crippen molar-refractivity contribution in [3.8, 4) is 0 Å². The molecule has 2 saturated heterocycles. The quantitative estimate of drug-likeness (QED) is 0.584. The Morgan fingerprint density at radius 2 is 1.81 bits per heavy atom. The van der Waals surface area contributed by atoms with Crippen LogP contribution in [0.5, 0.6) is 0 Å². The van der Waals surface area contributed by atoms with Crippen LogP contribution in [0, 0.1) is 19.8 Å². The number of ether oxygens (including phenoxy) is 2. The number of aryl methyl sites for hydroxylation is 1. The molecule has 1 aromatic rings. The Morgan fingerprint density at radius 1 is 1.12 bits per heavy atom. The number of H-pyrrole nitrogens is 1. The van der Waals surface area contributed by atoms with Crippen molar-refractivity contribution >= 4 is 17.8 Å². The van der Waals surface area contributed by atoms with E-state index in [0.29, 0.717) is 48.6 Å². The Morgan fingerprint density at radius 3 is 2.47 bits per heavy atom. The highest BCUT2D eigenvalue weighted by Gasteiger charge is 2.29. The minimum Gasteiger partial charge on any atom is -0.461 e. The third-order valence-corrected chi connectivity index (χ3v) is 6.36. The van der Waals surface area contributed by atoms with Gasteiger partial charge in [0.2, 0.25) is 5.91 Å². The Hall–Kier alpha value is -2.39. The van der Waals surface area contributed by atoms with Crippen LogP contribution in [0.3, 0.4) is 0 Å². The predicted octanol–water partition coefficient (Wildman–Crippen LogP) is 1.50. The zero-order valence-corrected chi connectivity index (χ0v) is 19.5. The van der Waals surface area contributed by atoms with Gasteiger partial charge in [-0.3, -0.25) is 14.5 Å². The van der Waals surface area contributed by atoms with E-state index in [1.165, 1.54) is 0 Å². The van der Waals surface area contributed by atoms with Crippen LogP contribution < -0.4 is 5.32 Å². The SMILES string of the molecule is CCOC(=O)c1[nH]c(C)c(C(=O)N2CCC(CC(=O)NCCN3CCOCC3)CC2)c1C. The first-order valence-corrected chi connectivity index (χ1v) is 11.6. The number of likely N-dealkylation sites (tertiary alicyclic amines) is 1. The number of piperidine rings is 1. The average Bonchev–Trinajstić information content (AvgIpc) is 3.08. The fourth-order valence-corrected chi connectivity index (χ4v) is 4.49. The summed E-state index contributed by atoms with van der Waals surface area (Å²) >= 11 is 0. The first-order chi connectivity index (χ1) is 15.4. The highest BCUT2D eigenvalue weighted by atomic mass is 16.5. The Balaban J connectivity index is 1.44. The Labute approximate surface area is 189 Å². The van der Waals surface area contributed by atoms with Gasteiger partial charge in [0.15, 0.2) is 0 Å². The van der Waals surface area contributed by atoms with E-state index in [0.717, 1.165) is 45.7 Å². The highest BCUT2D eigenvalue weighted by Crippen LogP contribution is 2.25.